The van der Waals surface area contributed by atoms with Crippen molar-refractivity contribution in [2.75, 3.05) is 0 Å². The lowest BCUT2D eigenvalue weighted by atomic mass is 10.1. The van der Waals surface area contributed by atoms with Crippen LogP contribution in [0.4, 0.5) is 0 Å². The lowest BCUT2D eigenvalue weighted by Crippen LogP contribution is -1.93. The molecule has 0 amide bonds. The summed E-state index contributed by atoms with van der Waals surface area (Å²) in [4.78, 5) is 9.08. The summed E-state index contributed by atoms with van der Waals surface area (Å²) in [5, 5.41) is 0. The molecule has 0 saturated heterocycles. The summed E-state index contributed by atoms with van der Waals surface area (Å²) < 4.78 is 0.993. The van der Waals surface area contributed by atoms with E-state index in [1.807, 2.05) is 62.4 Å². The van der Waals surface area contributed by atoms with Crippen LogP contribution in [0.1, 0.15) is 39.8 Å². The molecule has 0 saturated carbocycles. The molecule has 0 spiro atoms. The molecule has 0 unspecified atom stereocenters. The average Bonchev–Trinajstić information content (AvgIpc) is 2.60. The van der Waals surface area contributed by atoms with Crippen LogP contribution >= 0.6 is 15.9 Å². The Kier molecular flexibility index (Phi) is 9.62. The van der Waals surface area contributed by atoms with Crippen molar-refractivity contribution >= 4 is 21.5 Å². The van der Waals surface area contributed by atoms with Crippen molar-refractivity contribution < 1.29 is 0 Å². The van der Waals surface area contributed by atoms with Gasteiger partial charge in [-0.2, -0.15) is 0 Å². The van der Waals surface area contributed by atoms with E-state index in [1.54, 1.807) is 6.20 Å². The highest BCUT2D eigenvalue weighted by Gasteiger charge is 2.06. The number of hydrogen-bond acceptors (Lipinski definition) is 2. The fourth-order valence-corrected chi connectivity index (χ4v) is 2.32. The minimum atomic E-state index is 0.860. The largest absolute Gasteiger partial charge is 0.255 e. The second-order valence-electron chi connectivity index (χ2n) is 5.11. The second-order valence-corrected chi connectivity index (χ2v) is 6.02. The number of hydrogen-bond donors (Lipinski definition) is 0. The fraction of sp³-hybridized carbons (Fsp3) is 0.238. The normalized spacial score (nSPS) is 11.6. The van der Waals surface area contributed by atoms with Gasteiger partial charge in [-0.25, -0.2) is 4.98 Å². The van der Waals surface area contributed by atoms with Crippen LogP contribution in [0, 0.1) is 0 Å². The van der Waals surface area contributed by atoms with Crippen molar-refractivity contribution in [3.05, 3.63) is 77.1 Å². The first kappa shape index (κ1) is 20.0. The third kappa shape index (κ3) is 6.63. The van der Waals surface area contributed by atoms with Crippen LogP contribution in [0.15, 0.2) is 71.4 Å². The van der Waals surface area contributed by atoms with E-state index in [0.29, 0.717) is 0 Å². The lowest BCUT2D eigenvalue weighted by molar-refractivity contribution is 1.09. The van der Waals surface area contributed by atoms with Crippen molar-refractivity contribution in [3.63, 3.8) is 0 Å². The number of aromatic nitrogens is 2. The molecule has 0 fully saturated rings. The van der Waals surface area contributed by atoms with Crippen molar-refractivity contribution in [3.8, 4) is 11.4 Å². The Bertz CT molecular complexity index is 701. The van der Waals surface area contributed by atoms with E-state index in [-0.39, 0.29) is 0 Å². The minimum absolute atomic E-state index is 0.860. The molecule has 0 bridgehead atoms. The van der Waals surface area contributed by atoms with Gasteiger partial charge >= 0.3 is 0 Å². The molecule has 2 heterocycles. The van der Waals surface area contributed by atoms with E-state index in [9.17, 15) is 0 Å². The molecular formula is C21H25BrN2. The Morgan fingerprint density at radius 1 is 1.08 bits per heavy atom. The van der Waals surface area contributed by atoms with Gasteiger partial charge in [-0.15, -0.1) is 0 Å². The maximum Gasteiger partial charge on any atom is 0.0904 e. The van der Waals surface area contributed by atoms with Crippen molar-refractivity contribution in [2.24, 2.45) is 0 Å². The Balaban J connectivity index is 0.000000891. The molecule has 0 aliphatic carbocycles. The third-order valence-corrected chi connectivity index (χ3v) is 3.36. The molecule has 2 aromatic rings. The summed E-state index contributed by atoms with van der Waals surface area (Å²) in [7, 11) is 0. The van der Waals surface area contributed by atoms with E-state index >= 15 is 0 Å². The van der Waals surface area contributed by atoms with Gasteiger partial charge in [0.1, 0.15) is 0 Å². The standard InChI is InChI=1S/C18H17BrN2.C3H8/c1-3-5-6-9-14(4-2)17-12-15(19)13-18(21-17)16-10-7-8-11-20-16;1-3-2/h3-13H,1-2H3;3H2,1-2H3/b5-3-,9-6-,14-4-;. The first-order valence-electron chi connectivity index (χ1n) is 8.21. The summed E-state index contributed by atoms with van der Waals surface area (Å²) in [5.74, 6) is 0. The molecule has 126 valence electrons. The lowest BCUT2D eigenvalue weighted by Gasteiger charge is -2.06. The number of halogens is 1. The molecular weight excluding hydrogens is 360 g/mol. The van der Waals surface area contributed by atoms with Crippen LogP contribution < -0.4 is 0 Å². The number of allylic oxidation sites excluding steroid dienone is 6. The maximum absolute atomic E-state index is 4.72. The quantitative estimate of drug-likeness (QED) is 0.538. The number of nitrogens with zero attached hydrogens (tertiary/aromatic N) is 2. The van der Waals surface area contributed by atoms with Crippen LogP contribution in [0.2, 0.25) is 0 Å². The summed E-state index contributed by atoms with van der Waals surface area (Å²) in [5.41, 5.74) is 3.73. The Hall–Kier alpha value is -2.00. The summed E-state index contributed by atoms with van der Waals surface area (Å²) in [6, 6.07) is 9.83. The molecule has 2 nitrogen and oxygen atoms in total. The fourth-order valence-electron chi connectivity index (χ4n) is 1.89. The van der Waals surface area contributed by atoms with Gasteiger partial charge in [-0.3, -0.25) is 4.98 Å². The minimum Gasteiger partial charge on any atom is -0.255 e. The highest BCUT2D eigenvalue weighted by atomic mass is 79.9. The molecule has 0 aliphatic heterocycles. The number of rotatable bonds is 4. The van der Waals surface area contributed by atoms with Gasteiger partial charge < -0.3 is 0 Å². The van der Waals surface area contributed by atoms with Gasteiger partial charge in [-0.05, 0) is 43.7 Å². The van der Waals surface area contributed by atoms with Crippen molar-refractivity contribution in [1.82, 2.24) is 9.97 Å². The maximum atomic E-state index is 4.72. The molecule has 3 heteroatoms. The number of pyridine rings is 2. The van der Waals surface area contributed by atoms with Gasteiger partial charge in [0.2, 0.25) is 0 Å². The molecule has 0 aliphatic rings. The van der Waals surface area contributed by atoms with Crippen molar-refractivity contribution in [2.45, 2.75) is 34.1 Å². The van der Waals surface area contributed by atoms with E-state index < -0.39 is 0 Å². The average molecular weight is 385 g/mol. The third-order valence-electron chi connectivity index (χ3n) is 2.90. The van der Waals surface area contributed by atoms with Gasteiger partial charge in [0.05, 0.1) is 17.1 Å². The zero-order chi connectivity index (χ0) is 17.8. The first-order chi connectivity index (χ1) is 11.7. The van der Waals surface area contributed by atoms with E-state index in [2.05, 4.69) is 46.9 Å². The zero-order valence-corrected chi connectivity index (χ0v) is 16.4. The van der Waals surface area contributed by atoms with Crippen LogP contribution in [0.3, 0.4) is 0 Å². The van der Waals surface area contributed by atoms with Crippen LogP contribution in [0.5, 0.6) is 0 Å². The highest BCUT2D eigenvalue weighted by molar-refractivity contribution is 9.10. The summed E-state index contributed by atoms with van der Waals surface area (Å²) >= 11 is 3.56. The van der Waals surface area contributed by atoms with Gasteiger partial charge in [-0.1, -0.05) is 72.6 Å². The van der Waals surface area contributed by atoms with Crippen LogP contribution in [-0.4, -0.2) is 9.97 Å². The SMILES string of the molecule is CCC.C\C=C/C=C\C(=C\C)c1cc(Br)cc(-c2ccccn2)n1. The second kappa shape index (κ2) is 11.5. The molecule has 24 heavy (non-hydrogen) atoms. The van der Waals surface area contributed by atoms with E-state index in [0.717, 1.165) is 27.1 Å². The molecule has 0 aromatic carbocycles. The monoisotopic (exact) mass is 384 g/mol. The molecule has 2 aromatic heterocycles. The van der Waals surface area contributed by atoms with E-state index in [4.69, 9.17) is 4.98 Å². The van der Waals surface area contributed by atoms with Gasteiger partial charge in [0.25, 0.3) is 0 Å². The van der Waals surface area contributed by atoms with Gasteiger partial charge in [0, 0.05) is 10.7 Å². The van der Waals surface area contributed by atoms with E-state index in [1.165, 1.54) is 6.42 Å². The smallest absolute Gasteiger partial charge is 0.0904 e. The van der Waals surface area contributed by atoms with Gasteiger partial charge in [0.15, 0.2) is 0 Å². The topological polar surface area (TPSA) is 25.8 Å². The Morgan fingerprint density at radius 2 is 1.83 bits per heavy atom. The van der Waals surface area contributed by atoms with Crippen LogP contribution in [-0.2, 0) is 0 Å². The predicted octanol–water partition coefficient (Wildman–Crippen LogP) is 6.86. The highest BCUT2D eigenvalue weighted by Crippen LogP contribution is 2.24. The Morgan fingerprint density at radius 3 is 2.42 bits per heavy atom. The predicted molar refractivity (Wildman–Crippen MR) is 109 cm³/mol. The van der Waals surface area contributed by atoms with Crippen LogP contribution in [0.25, 0.3) is 17.0 Å². The molecule has 0 N–H and O–H groups in total. The van der Waals surface area contributed by atoms with Crippen molar-refractivity contribution in [1.29, 1.82) is 0 Å². The Labute approximate surface area is 154 Å². The summed E-state index contributed by atoms with van der Waals surface area (Å²) in [6.45, 7) is 8.26. The molecule has 0 atom stereocenters. The zero-order valence-electron chi connectivity index (χ0n) is 14.8. The molecule has 0 radical (unpaired) electrons. The summed E-state index contributed by atoms with van der Waals surface area (Å²) in [6.07, 6.45) is 13.1. The molecule has 2 rings (SSSR count). The first-order valence-corrected chi connectivity index (χ1v) is 9.00.